The molecule has 1 heterocycles. The fourth-order valence-electron chi connectivity index (χ4n) is 1.89. The molecule has 1 saturated heterocycles. The smallest absolute Gasteiger partial charge is 0.193 e. The summed E-state index contributed by atoms with van der Waals surface area (Å²) in [4.78, 5) is 0. The van der Waals surface area contributed by atoms with E-state index in [0.717, 1.165) is 19.3 Å². The Morgan fingerprint density at radius 1 is 1.29 bits per heavy atom. The van der Waals surface area contributed by atoms with Gasteiger partial charge in [-0.05, 0) is 37.4 Å². The fraction of sp³-hybridized carbons (Fsp3) is 0.875. The summed E-state index contributed by atoms with van der Waals surface area (Å²) in [5.41, 5.74) is 0. The van der Waals surface area contributed by atoms with E-state index in [0.29, 0.717) is 19.1 Å². The van der Waals surface area contributed by atoms with Gasteiger partial charge < -0.3 is 13.9 Å². The Labute approximate surface area is 135 Å². The zero-order chi connectivity index (χ0) is 15.9. The highest BCUT2D eigenvalue weighted by molar-refractivity contribution is 6.74. The highest BCUT2D eigenvalue weighted by Gasteiger charge is 2.38. The fourth-order valence-corrected chi connectivity index (χ4v) is 3.21. The average Bonchev–Trinajstić information content (AvgIpc) is 2.87. The molecule has 0 aromatic carbocycles. The monoisotopic (exact) mass is 332 g/mol. The van der Waals surface area contributed by atoms with Crippen LogP contribution in [0.4, 0.5) is 0 Å². The maximum absolute atomic E-state index is 6.39. The Morgan fingerprint density at radius 3 is 2.43 bits per heavy atom. The van der Waals surface area contributed by atoms with Gasteiger partial charge in [0.2, 0.25) is 0 Å². The van der Waals surface area contributed by atoms with Gasteiger partial charge in [-0.3, -0.25) is 0 Å². The summed E-state index contributed by atoms with van der Waals surface area (Å²) in [5, 5.41) is 0.186. The zero-order valence-electron chi connectivity index (χ0n) is 14.0. The first-order chi connectivity index (χ1) is 9.76. The molecule has 0 aliphatic carbocycles. The molecule has 5 heteroatoms. The van der Waals surface area contributed by atoms with Crippen molar-refractivity contribution < 1.29 is 13.9 Å². The summed E-state index contributed by atoms with van der Waals surface area (Å²) in [6, 6.07) is 0. The minimum absolute atomic E-state index is 0.0361. The molecule has 1 fully saturated rings. The van der Waals surface area contributed by atoms with Gasteiger partial charge in [0.05, 0.1) is 19.1 Å². The standard InChI is InChI=1S/C16H29ClO3Si/c1-16(2,3)21(4,5)20-14(9-7-11-17)8-6-10-15-18-12-13-19-15/h14-15H,6,8,10-13H2,1-5H3. The number of hydrogen-bond acceptors (Lipinski definition) is 3. The molecule has 1 unspecified atom stereocenters. The van der Waals surface area contributed by atoms with Crippen molar-refractivity contribution in [3.05, 3.63) is 0 Å². The van der Waals surface area contributed by atoms with Gasteiger partial charge in [-0.1, -0.05) is 32.6 Å². The third-order valence-corrected chi connectivity index (χ3v) is 8.79. The molecule has 21 heavy (non-hydrogen) atoms. The van der Waals surface area contributed by atoms with Crippen LogP contribution >= 0.6 is 11.6 Å². The third-order valence-electron chi connectivity index (χ3n) is 4.17. The molecular formula is C16H29ClO3Si. The lowest BCUT2D eigenvalue weighted by Gasteiger charge is -2.38. The molecule has 0 saturated carbocycles. The Balaban J connectivity index is 2.50. The van der Waals surface area contributed by atoms with Crippen LogP contribution in [0.3, 0.4) is 0 Å². The van der Waals surface area contributed by atoms with Crippen LogP contribution in [0.2, 0.25) is 18.1 Å². The lowest BCUT2D eigenvalue weighted by Crippen LogP contribution is -2.43. The van der Waals surface area contributed by atoms with Gasteiger partial charge >= 0.3 is 0 Å². The van der Waals surface area contributed by atoms with E-state index >= 15 is 0 Å². The van der Waals surface area contributed by atoms with Crippen LogP contribution in [0.1, 0.15) is 40.0 Å². The molecule has 3 nitrogen and oxygen atoms in total. The molecule has 0 N–H and O–H groups in total. The first-order valence-corrected chi connectivity index (χ1v) is 11.2. The molecule has 1 aliphatic rings. The summed E-state index contributed by atoms with van der Waals surface area (Å²) >= 11 is 5.69. The predicted octanol–water partition coefficient (Wildman–Crippen LogP) is 4.16. The number of alkyl halides is 1. The number of hydrogen-bond donors (Lipinski definition) is 0. The Hall–Kier alpha value is -0.0531. The van der Waals surface area contributed by atoms with Crippen molar-refractivity contribution in [1.29, 1.82) is 0 Å². The van der Waals surface area contributed by atoms with E-state index in [9.17, 15) is 0 Å². The van der Waals surface area contributed by atoms with Gasteiger partial charge in [-0.15, -0.1) is 11.6 Å². The quantitative estimate of drug-likeness (QED) is 0.415. The lowest BCUT2D eigenvalue weighted by atomic mass is 10.1. The topological polar surface area (TPSA) is 27.7 Å². The van der Waals surface area contributed by atoms with Crippen LogP contribution in [0, 0.1) is 11.8 Å². The number of halogens is 1. The van der Waals surface area contributed by atoms with Crippen LogP contribution in [-0.4, -0.2) is 39.8 Å². The van der Waals surface area contributed by atoms with Crippen LogP contribution in [0.15, 0.2) is 0 Å². The van der Waals surface area contributed by atoms with Gasteiger partial charge in [0.25, 0.3) is 0 Å². The highest BCUT2D eigenvalue weighted by atomic mass is 35.5. The van der Waals surface area contributed by atoms with Gasteiger partial charge in [-0.25, -0.2) is 0 Å². The second-order valence-electron chi connectivity index (χ2n) is 6.92. The Morgan fingerprint density at radius 2 is 1.90 bits per heavy atom. The predicted molar refractivity (Wildman–Crippen MR) is 90.1 cm³/mol. The molecule has 0 spiro atoms. The van der Waals surface area contributed by atoms with Crippen LogP contribution in [0.5, 0.6) is 0 Å². The third kappa shape index (κ3) is 6.71. The average molecular weight is 333 g/mol. The molecule has 1 rings (SSSR count). The van der Waals surface area contributed by atoms with Crippen molar-refractivity contribution in [3.63, 3.8) is 0 Å². The second kappa shape index (κ2) is 8.55. The molecule has 1 aliphatic heterocycles. The van der Waals surface area contributed by atoms with E-state index in [1.54, 1.807) is 0 Å². The van der Waals surface area contributed by atoms with E-state index in [1.165, 1.54) is 0 Å². The molecule has 0 bridgehead atoms. The Bertz CT molecular complexity index is 362. The van der Waals surface area contributed by atoms with E-state index in [-0.39, 0.29) is 17.4 Å². The van der Waals surface area contributed by atoms with Crippen molar-refractivity contribution in [2.75, 3.05) is 19.1 Å². The largest absolute Gasteiger partial charge is 0.403 e. The van der Waals surface area contributed by atoms with E-state index in [2.05, 4.69) is 45.7 Å². The molecule has 0 aromatic heterocycles. The molecule has 1 atom stereocenters. The maximum Gasteiger partial charge on any atom is 0.193 e. The first-order valence-electron chi connectivity index (χ1n) is 7.71. The van der Waals surface area contributed by atoms with Gasteiger partial charge in [0, 0.05) is 0 Å². The molecule has 0 amide bonds. The molecule has 0 radical (unpaired) electrons. The SMILES string of the molecule is CC(C)(C)[Si](C)(C)OC(C#CCCl)CCCC1OCCO1. The van der Waals surface area contributed by atoms with Crippen LogP contribution < -0.4 is 0 Å². The second-order valence-corrected chi connectivity index (χ2v) is 11.9. The lowest BCUT2D eigenvalue weighted by molar-refractivity contribution is -0.0487. The molecule has 122 valence electrons. The summed E-state index contributed by atoms with van der Waals surface area (Å²) in [5.74, 6) is 6.48. The zero-order valence-corrected chi connectivity index (χ0v) is 15.8. The number of ether oxygens (including phenoxy) is 2. The minimum atomic E-state index is -1.81. The summed E-state index contributed by atoms with van der Waals surface area (Å²) in [7, 11) is -1.81. The normalized spacial score (nSPS) is 18.4. The highest BCUT2D eigenvalue weighted by Crippen LogP contribution is 2.37. The van der Waals surface area contributed by atoms with Crippen LogP contribution in [0.25, 0.3) is 0 Å². The van der Waals surface area contributed by atoms with Crippen molar-refractivity contribution in [2.45, 2.75) is 70.6 Å². The van der Waals surface area contributed by atoms with Crippen molar-refractivity contribution in [3.8, 4) is 11.8 Å². The van der Waals surface area contributed by atoms with E-state index < -0.39 is 8.32 Å². The summed E-state index contributed by atoms with van der Waals surface area (Å²) < 4.78 is 17.3. The molecular weight excluding hydrogens is 304 g/mol. The van der Waals surface area contributed by atoms with Crippen molar-refractivity contribution >= 4 is 19.9 Å². The summed E-state index contributed by atoms with van der Waals surface area (Å²) in [6.07, 6.45) is 2.71. The Kier molecular flexibility index (Phi) is 7.73. The number of rotatable bonds is 6. The maximum atomic E-state index is 6.39. The van der Waals surface area contributed by atoms with E-state index in [4.69, 9.17) is 25.5 Å². The minimum Gasteiger partial charge on any atom is -0.403 e. The van der Waals surface area contributed by atoms with Gasteiger partial charge in [-0.2, -0.15) is 0 Å². The van der Waals surface area contributed by atoms with Crippen molar-refractivity contribution in [2.24, 2.45) is 0 Å². The van der Waals surface area contributed by atoms with Crippen LogP contribution in [-0.2, 0) is 13.9 Å². The van der Waals surface area contributed by atoms with E-state index in [1.807, 2.05) is 0 Å². The van der Waals surface area contributed by atoms with Crippen molar-refractivity contribution in [1.82, 2.24) is 0 Å². The molecule has 0 aromatic rings. The van der Waals surface area contributed by atoms with Gasteiger partial charge in [0.15, 0.2) is 14.6 Å². The summed E-state index contributed by atoms with van der Waals surface area (Å²) in [6.45, 7) is 12.7. The first kappa shape index (κ1) is 19.0. The van der Waals surface area contributed by atoms with Gasteiger partial charge in [0.1, 0.15) is 6.10 Å².